The van der Waals surface area contributed by atoms with Crippen LogP contribution in [0.4, 0.5) is 11.8 Å². The third-order valence-electron chi connectivity index (χ3n) is 4.81. The molecule has 0 radical (unpaired) electrons. The molecule has 1 aliphatic heterocycles. The summed E-state index contributed by atoms with van der Waals surface area (Å²) in [6.07, 6.45) is 5.84. The molecule has 0 saturated carbocycles. The van der Waals surface area contributed by atoms with Gasteiger partial charge in [0.1, 0.15) is 5.82 Å². The molecule has 1 aliphatic rings. The molecule has 1 aromatic heterocycles. The van der Waals surface area contributed by atoms with Gasteiger partial charge in [0.15, 0.2) is 0 Å². The monoisotopic (exact) mass is 358 g/mol. The Kier molecular flexibility index (Phi) is 6.14. The average Bonchev–Trinajstić information content (AvgIpc) is 2.61. The van der Waals surface area contributed by atoms with Gasteiger partial charge in [0.05, 0.1) is 0 Å². The van der Waals surface area contributed by atoms with Crippen molar-refractivity contribution in [2.45, 2.75) is 52.0 Å². The number of halogens is 1. The number of anilines is 2. The quantitative estimate of drug-likeness (QED) is 0.800. The molecule has 1 saturated heterocycles. The minimum atomic E-state index is 0.565. The summed E-state index contributed by atoms with van der Waals surface area (Å²) in [7, 11) is 0. The minimum Gasteiger partial charge on any atom is -0.370 e. The standard InChI is InChI=1S/C20H27ClN4/c1-3-18-9-4-5-12-25(18)20-23-15(2)13-19(24-20)22-11-10-16-7-6-8-17(21)14-16/h6-8,13-14,18H,3-5,9-12H2,1-2H3,(H,22,23,24). The highest BCUT2D eigenvalue weighted by Crippen LogP contribution is 2.25. The predicted molar refractivity (Wildman–Crippen MR) is 106 cm³/mol. The van der Waals surface area contributed by atoms with Gasteiger partial charge in [-0.15, -0.1) is 0 Å². The van der Waals surface area contributed by atoms with Gasteiger partial charge in [-0.3, -0.25) is 0 Å². The van der Waals surface area contributed by atoms with Gasteiger partial charge in [0, 0.05) is 35.9 Å². The average molecular weight is 359 g/mol. The smallest absolute Gasteiger partial charge is 0.227 e. The molecule has 0 amide bonds. The van der Waals surface area contributed by atoms with Crippen LogP contribution in [-0.2, 0) is 6.42 Å². The zero-order chi connectivity index (χ0) is 17.6. The molecule has 1 unspecified atom stereocenters. The van der Waals surface area contributed by atoms with Gasteiger partial charge in [0.25, 0.3) is 0 Å². The van der Waals surface area contributed by atoms with Crippen LogP contribution in [0.15, 0.2) is 30.3 Å². The van der Waals surface area contributed by atoms with E-state index in [9.17, 15) is 0 Å². The highest BCUT2D eigenvalue weighted by atomic mass is 35.5. The summed E-state index contributed by atoms with van der Waals surface area (Å²) >= 11 is 6.05. The van der Waals surface area contributed by atoms with Crippen LogP contribution in [0, 0.1) is 6.92 Å². The molecular weight excluding hydrogens is 332 g/mol. The molecular formula is C20H27ClN4. The molecule has 0 bridgehead atoms. The van der Waals surface area contributed by atoms with Crippen molar-refractivity contribution >= 4 is 23.4 Å². The molecule has 0 spiro atoms. The van der Waals surface area contributed by atoms with Crippen molar-refractivity contribution in [2.75, 3.05) is 23.3 Å². The summed E-state index contributed by atoms with van der Waals surface area (Å²) in [5.41, 5.74) is 2.24. The van der Waals surface area contributed by atoms with Crippen molar-refractivity contribution in [3.8, 4) is 0 Å². The highest BCUT2D eigenvalue weighted by molar-refractivity contribution is 6.30. The zero-order valence-corrected chi connectivity index (χ0v) is 15.9. The first-order valence-electron chi connectivity index (χ1n) is 9.26. The van der Waals surface area contributed by atoms with Crippen molar-refractivity contribution in [3.05, 3.63) is 46.6 Å². The maximum absolute atomic E-state index is 6.05. The number of benzene rings is 1. The molecule has 0 aliphatic carbocycles. The van der Waals surface area contributed by atoms with E-state index in [4.69, 9.17) is 21.6 Å². The molecule has 4 nitrogen and oxygen atoms in total. The van der Waals surface area contributed by atoms with Crippen LogP contribution in [0.2, 0.25) is 5.02 Å². The first-order valence-corrected chi connectivity index (χ1v) is 9.64. The van der Waals surface area contributed by atoms with Gasteiger partial charge in [-0.05, 0) is 56.7 Å². The van der Waals surface area contributed by atoms with E-state index in [1.54, 1.807) is 0 Å². The van der Waals surface area contributed by atoms with E-state index < -0.39 is 0 Å². The molecule has 134 valence electrons. The summed E-state index contributed by atoms with van der Waals surface area (Å²) in [4.78, 5) is 11.9. The van der Waals surface area contributed by atoms with Crippen LogP contribution in [0.1, 0.15) is 43.9 Å². The number of aryl methyl sites for hydroxylation is 1. The lowest BCUT2D eigenvalue weighted by molar-refractivity contribution is 0.443. The lowest BCUT2D eigenvalue weighted by Crippen LogP contribution is -2.40. The fourth-order valence-corrected chi connectivity index (χ4v) is 3.70. The Morgan fingerprint density at radius 3 is 2.92 bits per heavy atom. The third-order valence-corrected chi connectivity index (χ3v) is 5.04. The molecule has 5 heteroatoms. The molecule has 2 heterocycles. The molecule has 3 rings (SSSR count). The van der Waals surface area contributed by atoms with Gasteiger partial charge in [0.2, 0.25) is 5.95 Å². The Bertz CT molecular complexity index is 704. The van der Waals surface area contributed by atoms with E-state index in [2.05, 4.69) is 23.2 Å². The van der Waals surface area contributed by atoms with Crippen LogP contribution in [-0.4, -0.2) is 29.1 Å². The van der Waals surface area contributed by atoms with Crippen LogP contribution in [0.5, 0.6) is 0 Å². The second kappa shape index (κ2) is 8.52. The first-order chi connectivity index (χ1) is 12.2. The second-order valence-corrected chi connectivity index (χ2v) is 7.19. The Morgan fingerprint density at radius 1 is 1.24 bits per heavy atom. The fourth-order valence-electron chi connectivity index (χ4n) is 3.49. The van der Waals surface area contributed by atoms with E-state index in [0.717, 1.165) is 48.4 Å². The summed E-state index contributed by atoms with van der Waals surface area (Å²) in [5.74, 6) is 1.78. The second-order valence-electron chi connectivity index (χ2n) is 6.75. The number of nitrogens with one attached hydrogen (secondary N) is 1. The Labute approximate surface area is 155 Å². The van der Waals surface area contributed by atoms with Gasteiger partial charge in [-0.1, -0.05) is 30.7 Å². The maximum atomic E-state index is 6.05. The van der Waals surface area contributed by atoms with E-state index in [1.165, 1.54) is 24.8 Å². The number of hydrogen-bond donors (Lipinski definition) is 1. The third kappa shape index (κ3) is 4.85. The van der Waals surface area contributed by atoms with Gasteiger partial charge in [-0.25, -0.2) is 4.98 Å². The number of nitrogens with zero attached hydrogens (tertiary/aromatic N) is 3. The van der Waals surface area contributed by atoms with Crippen molar-refractivity contribution in [1.29, 1.82) is 0 Å². The Hall–Kier alpha value is -1.81. The van der Waals surface area contributed by atoms with Crippen LogP contribution in [0.3, 0.4) is 0 Å². The lowest BCUT2D eigenvalue weighted by atomic mass is 10.0. The number of piperidine rings is 1. The lowest BCUT2D eigenvalue weighted by Gasteiger charge is -2.35. The molecule has 1 fully saturated rings. The van der Waals surface area contributed by atoms with Crippen molar-refractivity contribution in [1.82, 2.24) is 9.97 Å². The first kappa shape index (κ1) is 18.0. The van der Waals surface area contributed by atoms with E-state index in [-0.39, 0.29) is 0 Å². The number of aromatic nitrogens is 2. The molecule has 1 N–H and O–H groups in total. The van der Waals surface area contributed by atoms with Gasteiger partial charge >= 0.3 is 0 Å². The van der Waals surface area contributed by atoms with Crippen molar-refractivity contribution in [3.63, 3.8) is 0 Å². The number of hydrogen-bond acceptors (Lipinski definition) is 4. The van der Waals surface area contributed by atoms with Gasteiger partial charge < -0.3 is 10.2 Å². The Balaban J connectivity index is 1.66. The minimum absolute atomic E-state index is 0.565. The maximum Gasteiger partial charge on any atom is 0.227 e. The topological polar surface area (TPSA) is 41.1 Å². The van der Waals surface area contributed by atoms with Crippen molar-refractivity contribution < 1.29 is 0 Å². The van der Waals surface area contributed by atoms with Crippen molar-refractivity contribution in [2.24, 2.45) is 0 Å². The molecule has 2 aromatic rings. The summed E-state index contributed by atoms with van der Waals surface area (Å²) < 4.78 is 0. The van der Waals surface area contributed by atoms with Gasteiger partial charge in [-0.2, -0.15) is 4.98 Å². The molecule has 25 heavy (non-hydrogen) atoms. The van der Waals surface area contributed by atoms with Crippen LogP contribution < -0.4 is 10.2 Å². The highest BCUT2D eigenvalue weighted by Gasteiger charge is 2.23. The van der Waals surface area contributed by atoms with Crippen LogP contribution >= 0.6 is 11.6 Å². The van der Waals surface area contributed by atoms with E-state index in [1.807, 2.05) is 31.2 Å². The summed E-state index contributed by atoms with van der Waals surface area (Å²) in [6.45, 7) is 6.18. The summed E-state index contributed by atoms with van der Waals surface area (Å²) in [6, 6.07) is 10.6. The van der Waals surface area contributed by atoms with E-state index >= 15 is 0 Å². The number of rotatable bonds is 6. The SMILES string of the molecule is CCC1CCCCN1c1nc(C)cc(NCCc2cccc(Cl)c2)n1. The fraction of sp³-hybridized carbons (Fsp3) is 0.500. The molecule has 1 aromatic carbocycles. The normalized spacial score (nSPS) is 17.6. The predicted octanol–water partition coefficient (Wildman–Crippen LogP) is 4.86. The summed E-state index contributed by atoms with van der Waals surface area (Å²) in [5, 5.41) is 4.23. The van der Waals surface area contributed by atoms with E-state index in [0.29, 0.717) is 6.04 Å². The molecule has 1 atom stereocenters. The Morgan fingerprint density at radius 2 is 2.12 bits per heavy atom. The largest absolute Gasteiger partial charge is 0.370 e. The zero-order valence-electron chi connectivity index (χ0n) is 15.1. The van der Waals surface area contributed by atoms with Crippen LogP contribution in [0.25, 0.3) is 0 Å².